The fraction of sp³-hybridized carbons (Fsp3) is 0.385. The summed E-state index contributed by atoms with van der Waals surface area (Å²) in [6.07, 6.45) is 7.22. The van der Waals surface area contributed by atoms with Crippen molar-refractivity contribution in [2.45, 2.75) is 24.2 Å². The number of fused-ring (bicyclic) bond motifs is 1. The topological polar surface area (TPSA) is 58.2 Å². The molecule has 96 valence electrons. The van der Waals surface area contributed by atoms with E-state index >= 15 is 0 Å². The quantitative estimate of drug-likeness (QED) is 0.623. The van der Waals surface area contributed by atoms with Gasteiger partial charge in [0.25, 0.3) is 0 Å². The zero-order chi connectivity index (χ0) is 13.0. The van der Waals surface area contributed by atoms with Gasteiger partial charge in [-0.1, -0.05) is 0 Å². The lowest BCUT2D eigenvalue weighted by atomic mass is 10.2. The predicted octanol–water partition coefficient (Wildman–Crippen LogP) is 1.35. The monoisotopic (exact) mass is 264 g/mol. The summed E-state index contributed by atoms with van der Waals surface area (Å²) in [5.41, 5.74) is 2.09. The first-order valence-corrected chi connectivity index (χ1v) is 7.42. The number of unbranched alkanes of at least 4 members (excludes halogenated alkanes) is 1. The van der Waals surface area contributed by atoms with Crippen LogP contribution in [0.3, 0.4) is 0 Å². The molecular formula is C13H16N2O2S. The molecule has 0 unspecified atom stereocenters. The Morgan fingerprint density at radius 1 is 1.44 bits per heavy atom. The lowest BCUT2D eigenvalue weighted by Gasteiger charge is -2.07. The summed E-state index contributed by atoms with van der Waals surface area (Å²) in [5, 5.41) is 3.20. The minimum absolute atomic E-state index is 0.325. The van der Waals surface area contributed by atoms with Gasteiger partial charge >= 0.3 is 0 Å². The number of benzene rings is 1. The second-order valence-corrected chi connectivity index (χ2v) is 5.97. The lowest BCUT2D eigenvalue weighted by molar-refractivity contribution is 0.579. The first-order valence-electron chi connectivity index (χ1n) is 5.93. The number of hydrogen-bond donors (Lipinski definition) is 2. The fourth-order valence-corrected chi connectivity index (χ4v) is 3.05. The van der Waals surface area contributed by atoms with Crippen LogP contribution in [0.5, 0.6) is 0 Å². The second-order valence-electron chi connectivity index (χ2n) is 4.20. The van der Waals surface area contributed by atoms with Gasteiger partial charge in [0.15, 0.2) is 0 Å². The van der Waals surface area contributed by atoms with E-state index in [0.29, 0.717) is 24.3 Å². The van der Waals surface area contributed by atoms with Gasteiger partial charge in [0.1, 0.15) is 0 Å². The van der Waals surface area contributed by atoms with Gasteiger partial charge in [0.05, 0.1) is 4.90 Å². The number of nitrogens with one attached hydrogen (secondary N) is 2. The van der Waals surface area contributed by atoms with E-state index in [0.717, 1.165) is 24.2 Å². The Hall–Kier alpha value is -1.51. The Balaban J connectivity index is 2.08. The minimum Gasteiger partial charge on any atom is -0.384 e. The van der Waals surface area contributed by atoms with Gasteiger partial charge in [-0.3, -0.25) is 0 Å². The van der Waals surface area contributed by atoms with E-state index in [-0.39, 0.29) is 0 Å². The molecule has 5 heteroatoms. The largest absolute Gasteiger partial charge is 0.384 e. The van der Waals surface area contributed by atoms with Crippen molar-refractivity contribution < 1.29 is 8.42 Å². The molecule has 0 saturated heterocycles. The van der Waals surface area contributed by atoms with Crippen LogP contribution in [0.1, 0.15) is 18.4 Å². The van der Waals surface area contributed by atoms with E-state index in [9.17, 15) is 8.42 Å². The van der Waals surface area contributed by atoms with Gasteiger partial charge in [0.2, 0.25) is 10.0 Å². The van der Waals surface area contributed by atoms with Gasteiger partial charge < -0.3 is 5.32 Å². The smallest absolute Gasteiger partial charge is 0.240 e. The molecule has 1 aliphatic heterocycles. The second kappa shape index (κ2) is 5.42. The van der Waals surface area contributed by atoms with Gasteiger partial charge in [-0.25, -0.2) is 13.1 Å². The number of terminal acetylenes is 1. The van der Waals surface area contributed by atoms with E-state index in [1.807, 2.05) is 6.07 Å². The van der Waals surface area contributed by atoms with Crippen molar-refractivity contribution in [1.29, 1.82) is 0 Å². The minimum atomic E-state index is -3.41. The van der Waals surface area contributed by atoms with Crippen molar-refractivity contribution in [2.75, 3.05) is 18.4 Å². The predicted molar refractivity (Wildman–Crippen MR) is 71.9 cm³/mol. The molecule has 2 rings (SSSR count). The van der Waals surface area contributed by atoms with Crippen molar-refractivity contribution in [3.05, 3.63) is 23.8 Å². The van der Waals surface area contributed by atoms with Crippen LogP contribution in [-0.2, 0) is 16.4 Å². The lowest BCUT2D eigenvalue weighted by Crippen LogP contribution is -2.24. The molecule has 1 aliphatic rings. The van der Waals surface area contributed by atoms with E-state index < -0.39 is 10.0 Å². The van der Waals surface area contributed by atoms with Crippen LogP contribution in [0.15, 0.2) is 23.1 Å². The molecule has 0 fully saturated rings. The zero-order valence-corrected chi connectivity index (χ0v) is 10.9. The maximum Gasteiger partial charge on any atom is 0.240 e. The zero-order valence-electron chi connectivity index (χ0n) is 10.1. The average Bonchev–Trinajstić information content (AvgIpc) is 2.82. The third-order valence-electron chi connectivity index (χ3n) is 2.89. The molecule has 0 spiro atoms. The Labute approximate surface area is 108 Å². The van der Waals surface area contributed by atoms with Crippen molar-refractivity contribution in [2.24, 2.45) is 0 Å². The van der Waals surface area contributed by atoms with Crippen molar-refractivity contribution in [1.82, 2.24) is 4.72 Å². The van der Waals surface area contributed by atoms with Crippen LogP contribution < -0.4 is 10.0 Å². The average molecular weight is 264 g/mol. The molecule has 1 aromatic rings. The summed E-state index contributed by atoms with van der Waals surface area (Å²) in [6.45, 7) is 1.25. The maximum atomic E-state index is 12.0. The molecule has 2 N–H and O–H groups in total. The highest BCUT2D eigenvalue weighted by Gasteiger charge is 2.17. The summed E-state index contributed by atoms with van der Waals surface area (Å²) in [6, 6.07) is 5.18. The van der Waals surface area contributed by atoms with Crippen LogP contribution in [0.4, 0.5) is 5.69 Å². The van der Waals surface area contributed by atoms with Crippen molar-refractivity contribution in [3.8, 4) is 12.3 Å². The Kier molecular flexibility index (Phi) is 3.90. The molecule has 0 saturated carbocycles. The summed E-state index contributed by atoms with van der Waals surface area (Å²) in [4.78, 5) is 0.325. The Morgan fingerprint density at radius 2 is 2.28 bits per heavy atom. The van der Waals surface area contributed by atoms with Crippen molar-refractivity contribution in [3.63, 3.8) is 0 Å². The third-order valence-corrected chi connectivity index (χ3v) is 4.35. The number of hydrogen-bond acceptors (Lipinski definition) is 3. The van der Waals surface area contributed by atoms with E-state index in [2.05, 4.69) is 16.0 Å². The van der Waals surface area contributed by atoms with Gasteiger partial charge in [-0.2, -0.15) is 0 Å². The first-order chi connectivity index (χ1) is 8.63. The fourth-order valence-electron chi connectivity index (χ4n) is 1.93. The molecular weight excluding hydrogens is 248 g/mol. The standard InChI is InChI=1S/C13H16N2O2S/c1-2-3-4-8-15-18(16,17)12-5-6-13-11(10-12)7-9-14-13/h1,5-6,10,14-15H,3-4,7-9H2. The van der Waals surface area contributed by atoms with Gasteiger partial charge in [-0.15, -0.1) is 12.3 Å². The van der Waals surface area contributed by atoms with Gasteiger partial charge in [0, 0.05) is 25.2 Å². The van der Waals surface area contributed by atoms with Crippen LogP contribution >= 0.6 is 0 Å². The van der Waals surface area contributed by atoms with E-state index in [4.69, 9.17) is 6.42 Å². The molecule has 1 aromatic carbocycles. The summed E-state index contributed by atoms with van der Waals surface area (Å²) in [5.74, 6) is 2.48. The molecule has 0 aromatic heterocycles. The molecule has 0 atom stereocenters. The normalized spacial score (nSPS) is 13.7. The molecule has 0 amide bonds. The number of sulfonamides is 1. The molecule has 1 heterocycles. The molecule has 18 heavy (non-hydrogen) atoms. The van der Waals surface area contributed by atoms with Crippen LogP contribution in [0, 0.1) is 12.3 Å². The van der Waals surface area contributed by atoms with E-state index in [1.165, 1.54) is 0 Å². The van der Waals surface area contributed by atoms with Crippen LogP contribution in [-0.4, -0.2) is 21.5 Å². The first kappa shape index (κ1) is 12.9. The Bertz CT molecular complexity index is 573. The van der Waals surface area contributed by atoms with E-state index in [1.54, 1.807) is 12.1 Å². The van der Waals surface area contributed by atoms with Crippen LogP contribution in [0.2, 0.25) is 0 Å². The highest BCUT2D eigenvalue weighted by atomic mass is 32.2. The molecule has 0 aliphatic carbocycles. The highest BCUT2D eigenvalue weighted by Crippen LogP contribution is 2.24. The highest BCUT2D eigenvalue weighted by molar-refractivity contribution is 7.89. The summed E-state index contributed by atoms with van der Waals surface area (Å²) in [7, 11) is -3.41. The van der Waals surface area contributed by atoms with Crippen molar-refractivity contribution >= 4 is 15.7 Å². The number of anilines is 1. The third kappa shape index (κ3) is 2.84. The summed E-state index contributed by atoms with van der Waals surface area (Å²) >= 11 is 0. The summed E-state index contributed by atoms with van der Waals surface area (Å²) < 4.78 is 26.6. The maximum absolute atomic E-state index is 12.0. The Morgan fingerprint density at radius 3 is 3.06 bits per heavy atom. The molecule has 0 bridgehead atoms. The molecule has 4 nitrogen and oxygen atoms in total. The number of rotatable bonds is 5. The van der Waals surface area contributed by atoms with Crippen LogP contribution in [0.25, 0.3) is 0 Å². The SMILES string of the molecule is C#CCCCNS(=O)(=O)c1ccc2c(c1)CCN2. The van der Waals surface area contributed by atoms with Gasteiger partial charge in [-0.05, 0) is 36.6 Å². The molecule has 0 radical (unpaired) electrons.